The second-order valence-electron chi connectivity index (χ2n) is 7.32. The summed E-state index contributed by atoms with van der Waals surface area (Å²) in [6.45, 7) is -0.393. The van der Waals surface area contributed by atoms with Crippen LogP contribution in [0.15, 0.2) is 48.5 Å². The van der Waals surface area contributed by atoms with Crippen molar-refractivity contribution in [2.75, 3.05) is 13.7 Å². The molecule has 1 fully saturated rings. The lowest BCUT2D eigenvalue weighted by molar-refractivity contribution is -0.281. The number of rotatable bonds is 5. The summed E-state index contributed by atoms with van der Waals surface area (Å²) < 4.78 is 22.3. The van der Waals surface area contributed by atoms with Crippen molar-refractivity contribution in [1.29, 1.82) is 0 Å². The lowest BCUT2D eigenvalue weighted by Gasteiger charge is -2.41. The van der Waals surface area contributed by atoms with Crippen LogP contribution in [-0.4, -0.2) is 65.5 Å². The Balaban J connectivity index is 1.45. The van der Waals surface area contributed by atoms with Gasteiger partial charge in [0.05, 0.1) is 18.6 Å². The maximum atomic E-state index is 12.4. The predicted molar refractivity (Wildman–Crippen MR) is 104 cm³/mol. The standard InChI is InChI=1S/C22H24O8/c1-27-21-18(11-23)30-22(20(26)19(21)25)28-13-8-6-12(7-9-13)17-10-15(24)14-4-2-3-5-16(14)29-17/h2-9,17-23,25-26H,10-11H2,1H3/t17?,18-,19-,20-,21-,22-/m1/s1. The molecule has 0 spiro atoms. The van der Waals surface area contributed by atoms with Gasteiger partial charge in [-0.25, -0.2) is 0 Å². The van der Waals surface area contributed by atoms with Crippen molar-refractivity contribution in [1.82, 2.24) is 0 Å². The van der Waals surface area contributed by atoms with E-state index in [0.717, 1.165) is 5.56 Å². The number of ether oxygens (including phenoxy) is 4. The Kier molecular flexibility index (Phi) is 6.03. The third-order valence-electron chi connectivity index (χ3n) is 5.42. The minimum absolute atomic E-state index is 0.0256. The number of aliphatic hydroxyl groups is 3. The van der Waals surface area contributed by atoms with Gasteiger partial charge in [0.15, 0.2) is 5.78 Å². The Labute approximate surface area is 173 Å². The summed E-state index contributed by atoms with van der Waals surface area (Å²) in [6.07, 6.45) is -5.66. The van der Waals surface area contributed by atoms with Crippen LogP contribution >= 0.6 is 0 Å². The van der Waals surface area contributed by atoms with Crippen LogP contribution in [0.3, 0.4) is 0 Å². The Bertz CT molecular complexity index is 881. The number of Topliss-reactive ketones (excluding diaryl/α,β-unsaturated/α-hetero) is 1. The van der Waals surface area contributed by atoms with Crippen LogP contribution in [0, 0.1) is 0 Å². The fourth-order valence-corrected chi connectivity index (χ4v) is 3.80. The molecule has 3 N–H and O–H groups in total. The minimum Gasteiger partial charge on any atom is -0.484 e. The number of benzene rings is 2. The van der Waals surface area contributed by atoms with Crippen LogP contribution in [0.25, 0.3) is 0 Å². The van der Waals surface area contributed by atoms with E-state index in [1.807, 2.05) is 6.07 Å². The van der Waals surface area contributed by atoms with E-state index < -0.39 is 43.4 Å². The lowest BCUT2D eigenvalue weighted by Crippen LogP contribution is -2.60. The minimum atomic E-state index is -1.35. The van der Waals surface area contributed by atoms with Gasteiger partial charge in [-0.2, -0.15) is 0 Å². The Hall–Kier alpha value is -2.49. The van der Waals surface area contributed by atoms with Crippen LogP contribution in [-0.2, 0) is 9.47 Å². The first-order chi connectivity index (χ1) is 14.5. The average molecular weight is 416 g/mol. The molecule has 0 aliphatic carbocycles. The largest absolute Gasteiger partial charge is 0.484 e. The molecule has 4 rings (SSSR count). The van der Waals surface area contributed by atoms with Crippen molar-refractivity contribution in [3.8, 4) is 11.5 Å². The van der Waals surface area contributed by atoms with Crippen LogP contribution in [0.1, 0.15) is 28.4 Å². The number of carbonyl (C=O) groups is 1. The first kappa shape index (κ1) is 20.8. The molecular formula is C22H24O8. The maximum absolute atomic E-state index is 12.4. The number of hydrogen-bond donors (Lipinski definition) is 3. The van der Waals surface area contributed by atoms with Gasteiger partial charge in [0, 0.05) is 7.11 Å². The number of ketones is 1. The number of para-hydroxylation sites is 1. The lowest BCUT2D eigenvalue weighted by atomic mass is 9.96. The molecule has 1 unspecified atom stereocenters. The average Bonchev–Trinajstić information content (AvgIpc) is 2.77. The van der Waals surface area contributed by atoms with Crippen LogP contribution < -0.4 is 9.47 Å². The highest BCUT2D eigenvalue weighted by molar-refractivity contribution is 5.99. The molecule has 0 radical (unpaired) electrons. The molecule has 30 heavy (non-hydrogen) atoms. The first-order valence-corrected chi connectivity index (χ1v) is 9.72. The summed E-state index contributed by atoms with van der Waals surface area (Å²) in [5.41, 5.74) is 1.39. The van der Waals surface area contributed by atoms with Gasteiger partial charge < -0.3 is 34.3 Å². The molecule has 1 saturated heterocycles. The summed E-state index contributed by atoms with van der Waals surface area (Å²) in [6, 6.07) is 14.0. The molecular weight excluding hydrogens is 392 g/mol. The SMILES string of the molecule is CO[C@H]1[C@H](O)[C@@H](O)[C@H](Oc2ccc(C3CC(=O)c4ccccc4O3)cc2)O[C@@H]1CO. The van der Waals surface area contributed by atoms with Crippen LogP contribution in [0.2, 0.25) is 0 Å². The number of fused-ring (bicyclic) bond motifs is 1. The molecule has 8 nitrogen and oxygen atoms in total. The quantitative estimate of drug-likeness (QED) is 0.667. The Morgan fingerprint density at radius 1 is 1.07 bits per heavy atom. The van der Waals surface area contributed by atoms with Gasteiger partial charge >= 0.3 is 0 Å². The zero-order valence-electron chi connectivity index (χ0n) is 16.4. The monoisotopic (exact) mass is 416 g/mol. The van der Waals surface area contributed by atoms with E-state index in [1.54, 1.807) is 42.5 Å². The predicted octanol–water partition coefficient (Wildman–Crippen LogP) is 1.23. The van der Waals surface area contributed by atoms with E-state index in [2.05, 4.69) is 0 Å². The van der Waals surface area contributed by atoms with Gasteiger partial charge in [-0.15, -0.1) is 0 Å². The summed E-state index contributed by atoms with van der Waals surface area (Å²) in [5, 5.41) is 29.9. The molecule has 6 atom stereocenters. The van der Waals surface area contributed by atoms with Crippen LogP contribution in [0.5, 0.6) is 11.5 Å². The zero-order valence-corrected chi connectivity index (χ0v) is 16.4. The second kappa shape index (κ2) is 8.71. The van der Waals surface area contributed by atoms with Crippen LogP contribution in [0.4, 0.5) is 0 Å². The number of aliphatic hydroxyl groups excluding tert-OH is 3. The van der Waals surface area contributed by atoms with E-state index in [-0.39, 0.29) is 12.2 Å². The fourth-order valence-electron chi connectivity index (χ4n) is 3.80. The highest BCUT2D eigenvalue weighted by atomic mass is 16.7. The van der Waals surface area contributed by atoms with E-state index in [9.17, 15) is 20.1 Å². The van der Waals surface area contributed by atoms with E-state index in [4.69, 9.17) is 18.9 Å². The highest BCUT2D eigenvalue weighted by Crippen LogP contribution is 2.35. The summed E-state index contributed by atoms with van der Waals surface area (Å²) in [5.74, 6) is 0.984. The van der Waals surface area contributed by atoms with E-state index in [1.165, 1.54) is 7.11 Å². The molecule has 2 aromatic rings. The van der Waals surface area contributed by atoms with Gasteiger partial charge in [-0.05, 0) is 29.8 Å². The molecule has 2 aliphatic heterocycles. The smallest absolute Gasteiger partial charge is 0.229 e. The van der Waals surface area contributed by atoms with E-state index in [0.29, 0.717) is 17.1 Å². The van der Waals surface area contributed by atoms with Gasteiger partial charge in [-0.3, -0.25) is 4.79 Å². The van der Waals surface area contributed by atoms with Gasteiger partial charge in [-0.1, -0.05) is 24.3 Å². The zero-order chi connectivity index (χ0) is 21.3. The number of carbonyl (C=O) groups excluding carboxylic acids is 1. The van der Waals surface area contributed by atoms with Crippen molar-refractivity contribution in [3.05, 3.63) is 59.7 Å². The summed E-state index contributed by atoms with van der Waals surface area (Å²) in [4.78, 5) is 12.4. The fraction of sp³-hybridized carbons (Fsp3) is 0.409. The topological polar surface area (TPSA) is 115 Å². The number of hydrogen-bond acceptors (Lipinski definition) is 8. The molecule has 160 valence electrons. The van der Waals surface area contributed by atoms with Crippen molar-refractivity contribution >= 4 is 5.78 Å². The van der Waals surface area contributed by atoms with Gasteiger partial charge in [0.25, 0.3) is 0 Å². The van der Waals surface area contributed by atoms with Gasteiger partial charge in [0.1, 0.15) is 42.0 Å². The highest BCUT2D eigenvalue weighted by Gasteiger charge is 2.45. The molecule has 2 heterocycles. The van der Waals surface area contributed by atoms with E-state index >= 15 is 0 Å². The van der Waals surface area contributed by atoms with Gasteiger partial charge in [0.2, 0.25) is 6.29 Å². The first-order valence-electron chi connectivity index (χ1n) is 9.72. The summed E-state index contributed by atoms with van der Waals surface area (Å²) in [7, 11) is 1.36. The Morgan fingerprint density at radius 3 is 2.50 bits per heavy atom. The summed E-state index contributed by atoms with van der Waals surface area (Å²) >= 11 is 0. The molecule has 2 aliphatic rings. The normalized spacial score (nSPS) is 31.0. The molecule has 0 bridgehead atoms. The molecule has 0 saturated carbocycles. The third kappa shape index (κ3) is 3.92. The second-order valence-corrected chi connectivity index (χ2v) is 7.32. The molecule has 0 amide bonds. The molecule has 2 aromatic carbocycles. The molecule has 8 heteroatoms. The van der Waals surface area contributed by atoms with Crippen molar-refractivity contribution < 1.29 is 39.1 Å². The van der Waals surface area contributed by atoms with Crippen molar-refractivity contribution in [3.63, 3.8) is 0 Å². The number of methoxy groups -OCH3 is 1. The third-order valence-corrected chi connectivity index (χ3v) is 5.42. The molecule has 0 aromatic heterocycles. The van der Waals surface area contributed by atoms with Crippen molar-refractivity contribution in [2.45, 2.75) is 43.2 Å². The Morgan fingerprint density at radius 2 is 1.80 bits per heavy atom. The van der Waals surface area contributed by atoms with Crippen molar-refractivity contribution in [2.24, 2.45) is 0 Å². The maximum Gasteiger partial charge on any atom is 0.229 e.